The number of amidine groups is 1. The summed E-state index contributed by atoms with van der Waals surface area (Å²) in [5.74, 6) is -0.582. The molecule has 184 valence electrons. The second kappa shape index (κ2) is 9.43. The third-order valence-electron chi connectivity index (χ3n) is 5.64. The molecule has 0 aliphatic carbocycles. The summed E-state index contributed by atoms with van der Waals surface area (Å²) in [6.45, 7) is 9.67. The van der Waals surface area contributed by atoms with Crippen LogP contribution in [0.5, 0.6) is 0 Å². The van der Waals surface area contributed by atoms with Crippen LogP contribution in [-0.2, 0) is 5.41 Å². The van der Waals surface area contributed by atoms with Gasteiger partial charge in [-0.25, -0.2) is 19.9 Å². The molecule has 1 aliphatic rings. The highest BCUT2D eigenvalue weighted by molar-refractivity contribution is 6.05. The Kier molecular flexibility index (Phi) is 6.55. The Hall–Kier alpha value is -3.83. The molecule has 0 unspecified atom stereocenters. The lowest BCUT2D eigenvalue weighted by Crippen LogP contribution is -2.48. The summed E-state index contributed by atoms with van der Waals surface area (Å²) in [6.07, 6.45) is 3.55. The number of aliphatic hydroxyl groups excluding tert-OH is 1. The van der Waals surface area contributed by atoms with E-state index in [0.717, 1.165) is 5.69 Å². The number of hydrogen-bond donors (Lipinski definition) is 4. The Labute approximate surface area is 202 Å². The number of benzene rings is 1. The van der Waals surface area contributed by atoms with E-state index in [1.54, 1.807) is 41.0 Å². The Morgan fingerprint density at radius 3 is 2.74 bits per heavy atom. The van der Waals surface area contributed by atoms with Crippen molar-refractivity contribution in [1.82, 2.24) is 30.6 Å². The molecule has 0 saturated heterocycles. The van der Waals surface area contributed by atoms with Crippen molar-refractivity contribution >= 4 is 17.6 Å². The highest BCUT2D eigenvalue weighted by atomic mass is 19.1. The maximum absolute atomic E-state index is 14.8. The number of hydrazone groups is 1. The number of hydrogen-bond acceptors (Lipinski definition) is 8. The third-order valence-corrected chi connectivity index (χ3v) is 5.64. The first-order chi connectivity index (χ1) is 16.6. The maximum atomic E-state index is 14.8. The van der Waals surface area contributed by atoms with Gasteiger partial charge in [-0.15, -0.1) is 10.6 Å². The summed E-state index contributed by atoms with van der Waals surface area (Å²) in [6, 6.07) is 7.61. The smallest absolute Gasteiger partial charge is 0.259 e. The number of halogens is 1. The number of amides is 1. The lowest BCUT2D eigenvalue weighted by Gasteiger charge is -2.24. The fraction of sp³-hybridized carbons (Fsp3) is 0.333. The molecule has 4 N–H and O–H groups in total. The third kappa shape index (κ3) is 5.00. The first-order valence-electron chi connectivity index (χ1n) is 11.2. The van der Waals surface area contributed by atoms with Gasteiger partial charge < -0.3 is 15.0 Å². The highest BCUT2D eigenvalue weighted by Crippen LogP contribution is 2.25. The standard InChI is InChI=1S/C24H29FN8O2/c1-14-9-17(25)16(10-19(14)32-11-20(26-13-32)24(3,4)5)23(35)28-21-8-6-7-18(27-21)22-29-30-31-33(22)15(2)12-34/h6-11,13,15,30-31,34H,12H2,1-5H3,(H,27,28,35)/t15-/m1/s1. The van der Waals surface area contributed by atoms with Crippen LogP contribution in [0.1, 0.15) is 55.0 Å². The number of anilines is 1. The van der Waals surface area contributed by atoms with Gasteiger partial charge in [-0.3, -0.25) is 9.80 Å². The van der Waals surface area contributed by atoms with Crippen LogP contribution in [0.3, 0.4) is 0 Å². The number of aliphatic hydroxyl groups is 1. The van der Waals surface area contributed by atoms with Gasteiger partial charge in [0, 0.05) is 11.6 Å². The Bertz CT molecular complexity index is 1280. The minimum absolute atomic E-state index is 0.104. The summed E-state index contributed by atoms with van der Waals surface area (Å²) >= 11 is 0. The van der Waals surface area contributed by atoms with Crippen LogP contribution in [0.15, 0.2) is 48.0 Å². The molecule has 4 rings (SSSR count). The number of imidazole rings is 1. The van der Waals surface area contributed by atoms with Crippen LogP contribution < -0.4 is 16.4 Å². The Morgan fingerprint density at radius 1 is 1.29 bits per heavy atom. The molecule has 1 amide bonds. The van der Waals surface area contributed by atoms with Crippen LogP contribution in [-0.4, -0.2) is 49.0 Å². The van der Waals surface area contributed by atoms with Gasteiger partial charge in [0.2, 0.25) is 0 Å². The van der Waals surface area contributed by atoms with Gasteiger partial charge in [-0.05, 0) is 43.7 Å². The topological polar surface area (TPSA) is 120 Å². The quantitative estimate of drug-likeness (QED) is 0.428. The molecule has 1 atom stereocenters. The van der Waals surface area contributed by atoms with Crippen LogP contribution >= 0.6 is 0 Å². The molecule has 0 spiro atoms. The van der Waals surface area contributed by atoms with Crippen molar-refractivity contribution in [1.29, 1.82) is 0 Å². The molecule has 10 nitrogen and oxygen atoms in total. The number of nitrogens with one attached hydrogen (secondary N) is 3. The summed E-state index contributed by atoms with van der Waals surface area (Å²) in [7, 11) is 0. The zero-order valence-corrected chi connectivity index (χ0v) is 20.3. The first-order valence-corrected chi connectivity index (χ1v) is 11.2. The van der Waals surface area contributed by atoms with Crippen LogP contribution in [0.2, 0.25) is 0 Å². The van der Waals surface area contributed by atoms with Crippen molar-refractivity contribution in [3.63, 3.8) is 0 Å². The lowest BCUT2D eigenvalue weighted by molar-refractivity contribution is 0.102. The van der Waals surface area contributed by atoms with E-state index in [2.05, 4.69) is 52.2 Å². The Morgan fingerprint density at radius 2 is 2.06 bits per heavy atom. The predicted molar refractivity (Wildman–Crippen MR) is 130 cm³/mol. The van der Waals surface area contributed by atoms with Crippen molar-refractivity contribution in [3.8, 4) is 5.69 Å². The molecule has 2 aromatic heterocycles. The van der Waals surface area contributed by atoms with Gasteiger partial charge in [0.15, 0.2) is 5.84 Å². The van der Waals surface area contributed by atoms with E-state index >= 15 is 0 Å². The zero-order chi connectivity index (χ0) is 25.3. The molecule has 35 heavy (non-hydrogen) atoms. The molecule has 0 fully saturated rings. The second-order valence-electron chi connectivity index (χ2n) is 9.46. The van der Waals surface area contributed by atoms with E-state index in [0.29, 0.717) is 22.8 Å². The maximum Gasteiger partial charge on any atom is 0.259 e. The number of hydrazine groups is 2. The average Bonchev–Trinajstić information content (AvgIpc) is 3.49. The SMILES string of the molecule is Cc1cc(F)c(C(=O)Nc2cccc(C3=NNNN3[C@H](C)CO)n2)cc1-n1cnc(C(C)(C)C)c1. The number of aromatic nitrogens is 3. The molecule has 3 heterocycles. The average molecular weight is 481 g/mol. The molecule has 11 heteroatoms. The first kappa shape index (κ1) is 24.3. The molecule has 0 saturated carbocycles. The summed E-state index contributed by atoms with van der Waals surface area (Å²) in [5.41, 5.74) is 7.88. The van der Waals surface area contributed by atoms with Crippen LogP contribution in [0, 0.1) is 12.7 Å². The molecule has 1 aromatic carbocycles. The van der Waals surface area contributed by atoms with E-state index in [9.17, 15) is 14.3 Å². The fourth-order valence-corrected chi connectivity index (χ4v) is 3.59. The number of carbonyl (C=O) groups excluding carboxylic acids is 1. The summed E-state index contributed by atoms with van der Waals surface area (Å²) in [5, 5.41) is 17.9. The van der Waals surface area contributed by atoms with E-state index in [1.807, 2.05) is 13.1 Å². The monoisotopic (exact) mass is 480 g/mol. The lowest BCUT2D eigenvalue weighted by atomic mass is 9.93. The van der Waals surface area contributed by atoms with Gasteiger partial charge in [-0.1, -0.05) is 26.8 Å². The number of carbonyl (C=O) groups is 1. The number of aryl methyl sites for hydroxylation is 1. The van der Waals surface area contributed by atoms with Gasteiger partial charge in [0.25, 0.3) is 5.91 Å². The largest absolute Gasteiger partial charge is 0.394 e. The van der Waals surface area contributed by atoms with Crippen molar-refractivity contribution in [2.24, 2.45) is 5.10 Å². The highest BCUT2D eigenvalue weighted by Gasteiger charge is 2.25. The predicted octanol–water partition coefficient (Wildman–Crippen LogP) is 2.63. The van der Waals surface area contributed by atoms with Crippen molar-refractivity contribution < 1.29 is 14.3 Å². The van der Waals surface area contributed by atoms with Crippen molar-refractivity contribution in [2.75, 3.05) is 11.9 Å². The number of nitrogens with zero attached hydrogens (tertiary/aromatic N) is 5. The number of pyridine rings is 1. The Balaban J connectivity index is 1.60. The van der Waals surface area contributed by atoms with Crippen LogP contribution in [0.4, 0.5) is 10.2 Å². The summed E-state index contributed by atoms with van der Waals surface area (Å²) < 4.78 is 16.6. The molecule has 1 aliphatic heterocycles. The minimum Gasteiger partial charge on any atom is -0.394 e. The second-order valence-corrected chi connectivity index (χ2v) is 9.46. The van der Waals surface area contributed by atoms with Crippen molar-refractivity contribution in [3.05, 3.63) is 71.2 Å². The zero-order valence-electron chi connectivity index (χ0n) is 20.3. The molecular weight excluding hydrogens is 451 g/mol. The molecule has 0 bridgehead atoms. The normalized spacial score (nSPS) is 14.5. The summed E-state index contributed by atoms with van der Waals surface area (Å²) in [4.78, 5) is 21.9. The van der Waals surface area contributed by atoms with E-state index in [4.69, 9.17) is 0 Å². The van der Waals surface area contributed by atoms with Gasteiger partial charge in [0.05, 0.1) is 35.9 Å². The van der Waals surface area contributed by atoms with Crippen molar-refractivity contribution in [2.45, 2.75) is 46.1 Å². The van der Waals surface area contributed by atoms with E-state index in [1.165, 1.54) is 12.1 Å². The molecule has 0 radical (unpaired) electrons. The fourth-order valence-electron chi connectivity index (χ4n) is 3.59. The molecule has 3 aromatic rings. The van der Waals surface area contributed by atoms with Crippen LogP contribution in [0.25, 0.3) is 5.69 Å². The van der Waals surface area contributed by atoms with Gasteiger partial charge >= 0.3 is 0 Å². The van der Waals surface area contributed by atoms with Gasteiger partial charge in [0.1, 0.15) is 17.3 Å². The minimum atomic E-state index is -0.632. The molecular formula is C24H29FN8O2. The van der Waals surface area contributed by atoms with E-state index < -0.39 is 11.7 Å². The number of rotatable bonds is 6. The van der Waals surface area contributed by atoms with E-state index in [-0.39, 0.29) is 29.4 Å². The van der Waals surface area contributed by atoms with Gasteiger partial charge in [-0.2, -0.15) is 0 Å².